The standard InChI is InChI=1S/C23H31NO4/c1-22-6-4-15-14-3-2-13(24-27)9-16(14)12(11-25)8-17(15)21(22)18-10-19(18)23(22)7-5-20(26)28-23/h9,12,14-15,17-19,21,25,27H,2-8,10-11H2,1H3/b24-13+/t12?,14-,15?,17?,18?,19?,21?,22+,23+/m1/s1. The molecule has 28 heavy (non-hydrogen) atoms. The van der Waals surface area contributed by atoms with Gasteiger partial charge in [-0.05, 0) is 80.6 Å². The number of fused-ring (bicyclic) bond motifs is 9. The van der Waals surface area contributed by atoms with Crippen LogP contribution in [0.1, 0.15) is 58.3 Å². The molecule has 5 heteroatoms. The fourth-order valence-corrected chi connectivity index (χ4v) is 8.97. The number of carbonyl (C=O) groups excluding carboxylic acids is 1. The molecule has 2 N–H and O–H groups in total. The summed E-state index contributed by atoms with van der Waals surface area (Å²) in [6, 6.07) is 0. The Bertz CT molecular complexity index is 789. The van der Waals surface area contributed by atoms with Crippen molar-refractivity contribution in [1.29, 1.82) is 0 Å². The molecule has 5 nitrogen and oxygen atoms in total. The van der Waals surface area contributed by atoms with Crippen LogP contribution in [0.3, 0.4) is 0 Å². The number of rotatable bonds is 1. The van der Waals surface area contributed by atoms with Gasteiger partial charge in [0.25, 0.3) is 0 Å². The maximum Gasteiger partial charge on any atom is 0.306 e. The number of carbonyl (C=O) groups is 1. The smallest absolute Gasteiger partial charge is 0.306 e. The highest BCUT2D eigenvalue weighted by molar-refractivity contribution is 5.96. The fourth-order valence-electron chi connectivity index (χ4n) is 8.97. The summed E-state index contributed by atoms with van der Waals surface area (Å²) in [5, 5.41) is 22.9. The summed E-state index contributed by atoms with van der Waals surface area (Å²) < 4.78 is 6.16. The van der Waals surface area contributed by atoms with Crippen molar-refractivity contribution in [3.8, 4) is 0 Å². The molecule has 152 valence electrons. The molecule has 0 bridgehead atoms. The Hall–Kier alpha value is -1.36. The van der Waals surface area contributed by atoms with Gasteiger partial charge in [-0.2, -0.15) is 0 Å². The Morgan fingerprint density at radius 3 is 2.75 bits per heavy atom. The molecule has 0 aromatic carbocycles. The molecular weight excluding hydrogens is 354 g/mol. The molecule has 1 heterocycles. The minimum Gasteiger partial charge on any atom is -0.458 e. The topological polar surface area (TPSA) is 79.1 Å². The van der Waals surface area contributed by atoms with Gasteiger partial charge >= 0.3 is 5.97 Å². The second kappa shape index (κ2) is 5.62. The van der Waals surface area contributed by atoms with Crippen LogP contribution in [-0.4, -0.2) is 34.2 Å². The van der Waals surface area contributed by atoms with Crippen LogP contribution in [-0.2, 0) is 9.53 Å². The molecule has 0 aromatic rings. The van der Waals surface area contributed by atoms with E-state index < -0.39 is 0 Å². The Morgan fingerprint density at radius 2 is 2.04 bits per heavy atom. The van der Waals surface area contributed by atoms with E-state index in [1.807, 2.05) is 0 Å². The summed E-state index contributed by atoms with van der Waals surface area (Å²) >= 11 is 0. The van der Waals surface area contributed by atoms with E-state index in [2.05, 4.69) is 18.2 Å². The van der Waals surface area contributed by atoms with Gasteiger partial charge in [-0.1, -0.05) is 17.7 Å². The molecule has 4 saturated carbocycles. The highest BCUT2D eigenvalue weighted by Crippen LogP contribution is 2.78. The molecule has 5 aliphatic carbocycles. The fraction of sp³-hybridized carbons (Fsp3) is 0.826. The first-order chi connectivity index (χ1) is 13.5. The van der Waals surface area contributed by atoms with Crippen molar-refractivity contribution in [3.05, 3.63) is 11.6 Å². The third kappa shape index (κ3) is 1.97. The number of hydrogen-bond donors (Lipinski definition) is 2. The van der Waals surface area contributed by atoms with Gasteiger partial charge in [0.2, 0.25) is 0 Å². The van der Waals surface area contributed by atoms with Crippen molar-refractivity contribution in [1.82, 2.24) is 0 Å². The zero-order valence-corrected chi connectivity index (χ0v) is 16.6. The van der Waals surface area contributed by atoms with Crippen LogP contribution in [0.15, 0.2) is 16.8 Å². The molecule has 6 unspecified atom stereocenters. The van der Waals surface area contributed by atoms with E-state index in [1.165, 1.54) is 18.4 Å². The lowest BCUT2D eigenvalue weighted by atomic mass is 9.47. The van der Waals surface area contributed by atoms with E-state index >= 15 is 0 Å². The van der Waals surface area contributed by atoms with Gasteiger partial charge in [0, 0.05) is 30.3 Å². The minimum absolute atomic E-state index is 0.0137. The molecule has 9 atom stereocenters. The second-order valence-electron chi connectivity index (χ2n) is 10.7. The zero-order chi connectivity index (χ0) is 19.3. The highest BCUT2D eigenvalue weighted by atomic mass is 16.6. The van der Waals surface area contributed by atoms with Crippen LogP contribution in [0.5, 0.6) is 0 Å². The molecule has 1 spiro atoms. The Morgan fingerprint density at radius 1 is 1.18 bits per heavy atom. The van der Waals surface area contributed by atoms with Crippen LogP contribution < -0.4 is 0 Å². The zero-order valence-electron chi connectivity index (χ0n) is 16.6. The van der Waals surface area contributed by atoms with E-state index in [-0.39, 0.29) is 29.5 Å². The van der Waals surface area contributed by atoms with Crippen LogP contribution in [0.2, 0.25) is 0 Å². The summed E-state index contributed by atoms with van der Waals surface area (Å²) in [4.78, 5) is 12.1. The summed E-state index contributed by atoms with van der Waals surface area (Å²) in [6.07, 6.45) is 10.1. The van der Waals surface area contributed by atoms with Crippen molar-refractivity contribution >= 4 is 11.7 Å². The lowest BCUT2D eigenvalue weighted by Crippen LogP contribution is -2.56. The number of aliphatic hydroxyl groups is 1. The lowest BCUT2D eigenvalue weighted by molar-refractivity contribution is -0.175. The largest absolute Gasteiger partial charge is 0.458 e. The summed E-state index contributed by atoms with van der Waals surface area (Å²) in [7, 11) is 0. The molecule has 0 radical (unpaired) electrons. The SMILES string of the molecule is C[C@]12CCC3C(CC(CO)C4=C/C(=N/O)CC[C@@H]43)C1C1CC1[C@@]21CCC(=O)O1. The van der Waals surface area contributed by atoms with Crippen molar-refractivity contribution in [2.75, 3.05) is 6.61 Å². The van der Waals surface area contributed by atoms with E-state index in [0.29, 0.717) is 41.9 Å². The number of nitrogens with zero attached hydrogens (tertiary/aromatic N) is 1. The van der Waals surface area contributed by atoms with E-state index in [0.717, 1.165) is 37.8 Å². The molecule has 6 rings (SSSR count). The third-order valence-electron chi connectivity index (χ3n) is 9.97. The molecular formula is C23H31NO4. The van der Waals surface area contributed by atoms with Gasteiger partial charge in [0.1, 0.15) is 5.60 Å². The first kappa shape index (κ1) is 17.5. The van der Waals surface area contributed by atoms with Gasteiger partial charge in [-0.15, -0.1) is 0 Å². The van der Waals surface area contributed by atoms with E-state index in [1.54, 1.807) is 0 Å². The van der Waals surface area contributed by atoms with Gasteiger partial charge < -0.3 is 15.1 Å². The quantitative estimate of drug-likeness (QED) is 0.411. The number of allylic oxidation sites excluding steroid dienone is 1. The maximum atomic E-state index is 12.1. The second-order valence-corrected chi connectivity index (χ2v) is 10.7. The predicted octanol–water partition coefficient (Wildman–Crippen LogP) is 3.54. The van der Waals surface area contributed by atoms with Gasteiger partial charge in [-0.25, -0.2) is 0 Å². The highest BCUT2D eigenvalue weighted by Gasteiger charge is 2.78. The number of ether oxygens (including phenoxy) is 1. The van der Waals surface area contributed by atoms with E-state index in [9.17, 15) is 15.1 Å². The van der Waals surface area contributed by atoms with Crippen LogP contribution in [0.4, 0.5) is 0 Å². The minimum atomic E-state index is -0.196. The van der Waals surface area contributed by atoms with Crippen molar-refractivity contribution in [2.24, 2.45) is 52.0 Å². The average Bonchev–Trinajstić information content (AvgIpc) is 3.34. The number of aliphatic hydroxyl groups excluding tert-OH is 1. The van der Waals surface area contributed by atoms with Crippen molar-refractivity contribution in [2.45, 2.75) is 63.9 Å². The summed E-state index contributed by atoms with van der Waals surface area (Å²) in [5.41, 5.74) is 2.02. The van der Waals surface area contributed by atoms with Crippen LogP contribution in [0.25, 0.3) is 0 Å². The number of hydrogen-bond acceptors (Lipinski definition) is 5. The Kier molecular flexibility index (Phi) is 3.51. The monoisotopic (exact) mass is 385 g/mol. The molecule has 5 fully saturated rings. The molecule has 1 aliphatic heterocycles. The van der Waals surface area contributed by atoms with Crippen LogP contribution >= 0.6 is 0 Å². The number of esters is 1. The summed E-state index contributed by atoms with van der Waals surface area (Å²) in [6.45, 7) is 2.61. The molecule has 1 saturated heterocycles. The van der Waals surface area contributed by atoms with Gasteiger partial charge in [-0.3, -0.25) is 4.79 Å². The lowest BCUT2D eigenvalue weighted by Gasteiger charge is -2.58. The predicted molar refractivity (Wildman–Crippen MR) is 103 cm³/mol. The Balaban J connectivity index is 1.38. The normalized spacial score (nSPS) is 55.2. The third-order valence-corrected chi connectivity index (χ3v) is 9.97. The molecule has 6 aliphatic rings. The number of oxime groups is 1. The van der Waals surface area contributed by atoms with E-state index in [4.69, 9.17) is 4.74 Å². The van der Waals surface area contributed by atoms with Crippen molar-refractivity contribution < 1.29 is 19.8 Å². The Labute approximate surface area is 166 Å². The van der Waals surface area contributed by atoms with Crippen molar-refractivity contribution in [3.63, 3.8) is 0 Å². The van der Waals surface area contributed by atoms with Crippen LogP contribution in [0, 0.1) is 46.8 Å². The molecule has 0 aromatic heterocycles. The molecule has 0 amide bonds. The summed E-state index contributed by atoms with van der Waals surface area (Å²) in [5.74, 6) is 3.94. The maximum absolute atomic E-state index is 12.1. The van der Waals surface area contributed by atoms with Gasteiger partial charge in [0.15, 0.2) is 0 Å². The first-order valence-corrected chi connectivity index (χ1v) is 11.3. The average molecular weight is 386 g/mol. The first-order valence-electron chi connectivity index (χ1n) is 11.3. The van der Waals surface area contributed by atoms with Gasteiger partial charge in [0.05, 0.1) is 5.71 Å².